The first kappa shape index (κ1) is 21.0. The summed E-state index contributed by atoms with van der Waals surface area (Å²) in [5.41, 5.74) is 0. The van der Waals surface area contributed by atoms with Crippen molar-refractivity contribution in [1.29, 1.82) is 0 Å². The molecule has 0 radical (unpaired) electrons. The Bertz CT molecular complexity index is 806. The number of hydrogen-bond donors (Lipinski definition) is 2. The fraction of sp³-hybridized carbons (Fsp3) is 0.526. The van der Waals surface area contributed by atoms with Crippen LogP contribution in [0.1, 0.15) is 31.7 Å². The number of aryl methyl sites for hydroxylation is 1. The molecule has 1 saturated heterocycles. The molecule has 3 heterocycles. The predicted octanol–water partition coefficient (Wildman–Crippen LogP) is 2.13. The Morgan fingerprint density at radius 2 is 2.00 bits per heavy atom. The number of anilines is 2. The molecule has 156 valence electrons. The molecule has 1 aliphatic heterocycles. The van der Waals surface area contributed by atoms with Crippen LogP contribution in [0.4, 0.5) is 15.7 Å². The Morgan fingerprint density at radius 1 is 1.21 bits per heavy atom. The molecule has 0 saturated carbocycles. The van der Waals surface area contributed by atoms with E-state index in [0.29, 0.717) is 31.3 Å². The summed E-state index contributed by atoms with van der Waals surface area (Å²) >= 11 is 1.37. The van der Waals surface area contributed by atoms with Gasteiger partial charge >= 0.3 is 6.03 Å². The number of amides is 3. The smallest absolute Gasteiger partial charge is 0.318 e. The van der Waals surface area contributed by atoms with Crippen LogP contribution in [-0.2, 0) is 11.2 Å². The molecule has 0 spiro atoms. The molecule has 0 bridgehead atoms. The van der Waals surface area contributed by atoms with Crippen LogP contribution in [0.15, 0.2) is 24.4 Å². The summed E-state index contributed by atoms with van der Waals surface area (Å²) in [4.78, 5) is 33.1. The first-order chi connectivity index (χ1) is 14.1. The molecule has 2 aromatic heterocycles. The quantitative estimate of drug-likeness (QED) is 0.715. The Kier molecular flexibility index (Phi) is 7.34. The highest BCUT2D eigenvalue weighted by Crippen LogP contribution is 2.17. The SMILES string of the molecule is CCCCc1nnc(NC(=O)[C@@H](C)NC(=O)N2CCN(c3ccccn3)CC2)s1. The first-order valence-electron chi connectivity index (χ1n) is 9.91. The van der Waals surface area contributed by atoms with Gasteiger partial charge in [-0.1, -0.05) is 30.7 Å². The number of carbonyl (C=O) groups excluding carboxylic acids is 2. The standard InChI is InChI=1S/C19H27N7O2S/c1-3-4-8-16-23-24-18(29-16)22-17(27)14(2)21-19(28)26-12-10-25(11-13-26)15-7-5-6-9-20-15/h5-7,9,14H,3-4,8,10-13H2,1-2H3,(H,21,28)(H,22,24,27)/t14-/m1/s1. The van der Waals surface area contributed by atoms with Crippen molar-refractivity contribution in [3.8, 4) is 0 Å². The van der Waals surface area contributed by atoms with E-state index in [9.17, 15) is 9.59 Å². The number of nitrogens with zero attached hydrogens (tertiary/aromatic N) is 5. The lowest BCUT2D eigenvalue weighted by molar-refractivity contribution is -0.117. The van der Waals surface area contributed by atoms with Crippen molar-refractivity contribution in [2.24, 2.45) is 0 Å². The van der Waals surface area contributed by atoms with E-state index in [-0.39, 0.29) is 11.9 Å². The van der Waals surface area contributed by atoms with Gasteiger partial charge in [-0.3, -0.25) is 10.1 Å². The lowest BCUT2D eigenvalue weighted by Crippen LogP contribution is -2.54. The summed E-state index contributed by atoms with van der Waals surface area (Å²) in [6.07, 6.45) is 4.75. The summed E-state index contributed by atoms with van der Waals surface area (Å²) in [6, 6.07) is 4.89. The van der Waals surface area contributed by atoms with Crippen LogP contribution in [-0.4, -0.2) is 64.2 Å². The predicted molar refractivity (Wildman–Crippen MR) is 113 cm³/mol. The minimum atomic E-state index is -0.667. The Hall–Kier alpha value is -2.75. The van der Waals surface area contributed by atoms with Crippen LogP contribution < -0.4 is 15.5 Å². The Balaban J connectivity index is 1.44. The van der Waals surface area contributed by atoms with Gasteiger partial charge in [-0.05, 0) is 25.5 Å². The number of carbonyl (C=O) groups is 2. The molecule has 0 aromatic carbocycles. The molecule has 0 unspecified atom stereocenters. The molecular formula is C19H27N7O2S. The van der Waals surface area contributed by atoms with E-state index in [0.717, 1.165) is 30.1 Å². The second kappa shape index (κ2) is 10.1. The average Bonchev–Trinajstić information content (AvgIpc) is 3.20. The second-order valence-corrected chi connectivity index (χ2v) is 7.99. The van der Waals surface area contributed by atoms with Crippen molar-refractivity contribution in [3.05, 3.63) is 29.4 Å². The normalized spacial score (nSPS) is 15.1. The zero-order valence-corrected chi connectivity index (χ0v) is 17.6. The summed E-state index contributed by atoms with van der Waals surface area (Å²) in [6.45, 7) is 6.34. The largest absolute Gasteiger partial charge is 0.353 e. The average molecular weight is 418 g/mol. The van der Waals surface area contributed by atoms with Crippen LogP contribution >= 0.6 is 11.3 Å². The third-order valence-corrected chi connectivity index (χ3v) is 5.61. The highest BCUT2D eigenvalue weighted by Gasteiger charge is 2.24. The minimum Gasteiger partial charge on any atom is -0.353 e. The first-order valence-corrected chi connectivity index (χ1v) is 10.7. The molecule has 2 aromatic rings. The molecule has 1 atom stereocenters. The van der Waals surface area contributed by atoms with Gasteiger partial charge in [-0.2, -0.15) is 0 Å². The van der Waals surface area contributed by atoms with Crippen molar-refractivity contribution < 1.29 is 9.59 Å². The fourth-order valence-corrected chi connectivity index (χ4v) is 3.75. The second-order valence-electron chi connectivity index (χ2n) is 6.93. The zero-order chi connectivity index (χ0) is 20.6. The van der Waals surface area contributed by atoms with Gasteiger partial charge in [0.25, 0.3) is 0 Å². The van der Waals surface area contributed by atoms with Crippen molar-refractivity contribution in [2.75, 3.05) is 36.4 Å². The number of rotatable bonds is 7. The van der Waals surface area contributed by atoms with E-state index in [1.165, 1.54) is 11.3 Å². The number of pyridine rings is 1. The van der Waals surface area contributed by atoms with Crippen molar-refractivity contribution in [2.45, 2.75) is 39.2 Å². The number of aromatic nitrogens is 3. The van der Waals surface area contributed by atoms with E-state index >= 15 is 0 Å². The molecular weight excluding hydrogens is 390 g/mol. The lowest BCUT2D eigenvalue weighted by atomic mass is 10.3. The van der Waals surface area contributed by atoms with E-state index in [1.54, 1.807) is 18.0 Å². The number of nitrogens with one attached hydrogen (secondary N) is 2. The molecule has 3 amide bonds. The van der Waals surface area contributed by atoms with Crippen LogP contribution in [0.5, 0.6) is 0 Å². The highest BCUT2D eigenvalue weighted by atomic mass is 32.1. The molecule has 3 rings (SSSR count). The van der Waals surface area contributed by atoms with Crippen molar-refractivity contribution in [1.82, 2.24) is 25.4 Å². The number of unbranched alkanes of at least 4 members (excludes halogenated alkanes) is 1. The number of urea groups is 1. The van der Waals surface area contributed by atoms with Crippen LogP contribution in [0.3, 0.4) is 0 Å². The Morgan fingerprint density at radius 3 is 2.69 bits per heavy atom. The summed E-state index contributed by atoms with van der Waals surface area (Å²) in [7, 11) is 0. The van der Waals surface area contributed by atoms with Crippen LogP contribution in [0, 0.1) is 0 Å². The minimum absolute atomic E-state index is 0.241. The van der Waals surface area contributed by atoms with Crippen molar-refractivity contribution >= 4 is 34.2 Å². The molecule has 29 heavy (non-hydrogen) atoms. The maximum Gasteiger partial charge on any atom is 0.318 e. The number of hydrogen-bond acceptors (Lipinski definition) is 7. The summed E-state index contributed by atoms with van der Waals surface area (Å²) in [5.74, 6) is 0.610. The third-order valence-electron chi connectivity index (χ3n) is 4.71. The van der Waals surface area contributed by atoms with Gasteiger partial charge in [-0.25, -0.2) is 9.78 Å². The van der Waals surface area contributed by atoms with Gasteiger partial charge in [0, 0.05) is 38.8 Å². The zero-order valence-electron chi connectivity index (χ0n) is 16.8. The summed E-state index contributed by atoms with van der Waals surface area (Å²) < 4.78 is 0. The van der Waals surface area contributed by atoms with Gasteiger partial charge in [0.05, 0.1) is 0 Å². The van der Waals surface area contributed by atoms with Crippen molar-refractivity contribution in [3.63, 3.8) is 0 Å². The molecule has 1 fully saturated rings. The highest BCUT2D eigenvalue weighted by molar-refractivity contribution is 7.15. The lowest BCUT2D eigenvalue weighted by Gasteiger charge is -2.35. The molecule has 10 heteroatoms. The van der Waals surface area contributed by atoms with E-state index in [4.69, 9.17) is 0 Å². The monoisotopic (exact) mass is 417 g/mol. The molecule has 0 aliphatic carbocycles. The van der Waals surface area contributed by atoms with E-state index in [1.807, 2.05) is 18.2 Å². The Labute approximate surface area is 174 Å². The van der Waals surface area contributed by atoms with Crippen LogP contribution in [0.2, 0.25) is 0 Å². The molecule has 2 N–H and O–H groups in total. The molecule has 1 aliphatic rings. The van der Waals surface area contributed by atoms with Crippen LogP contribution in [0.25, 0.3) is 0 Å². The van der Waals surface area contributed by atoms with Gasteiger partial charge in [0.2, 0.25) is 11.0 Å². The van der Waals surface area contributed by atoms with Gasteiger partial charge in [-0.15, -0.1) is 10.2 Å². The summed E-state index contributed by atoms with van der Waals surface area (Å²) in [5, 5.41) is 14.9. The van der Waals surface area contributed by atoms with Gasteiger partial charge in [0.1, 0.15) is 16.9 Å². The molecule has 9 nitrogen and oxygen atoms in total. The van der Waals surface area contributed by atoms with E-state index in [2.05, 4.69) is 37.6 Å². The fourth-order valence-electron chi connectivity index (χ4n) is 2.97. The third kappa shape index (κ3) is 5.86. The number of piperazine rings is 1. The topological polar surface area (TPSA) is 103 Å². The van der Waals surface area contributed by atoms with Gasteiger partial charge < -0.3 is 15.1 Å². The van der Waals surface area contributed by atoms with E-state index < -0.39 is 6.04 Å². The maximum atomic E-state index is 12.5. The van der Waals surface area contributed by atoms with Gasteiger partial charge in [0.15, 0.2) is 0 Å². The maximum absolute atomic E-state index is 12.5.